The molecule has 0 heterocycles. The third kappa shape index (κ3) is 3.65. The van der Waals surface area contributed by atoms with Crippen LogP contribution in [0, 0.1) is 11.7 Å². The fourth-order valence-corrected chi connectivity index (χ4v) is 2.79. The zero-order valence-corrected chi connectivity index (χ0v) is 13.4. The summed E-state index contributed by atoms with van der Waals surface area (Å²) in [5.74, 6) is -0.00452. The molecule has 5 heteroatoms. The van der Waals surface area contributed by atoms with Gasteiger partial charge >= 0.3 is 6.03 Å². The second-order valence-corrected chi connectivity index (χ2v) is 6.36. The molecule has 0 spiro atoms. The fraction of sp³-hybridized carbons (Fsp3) is 0.235. The average Bonchev–Trinajstić information content (AvgIpc) is 3.33. The van der Waals surface area contributed by atoms with E-state index >= 15 is 0 Å². The summed E-state index contributed by atoms with van der Waals surface area (Å²) in [7, 11) is 0. The van der Waals surface area contributed by atoms with E-state index in [1.165, 1.54) is 12.1 Å². The number of carbonyl (C=O) groups excluding carboxylic acids is 1. The first-order valence-electron chi connectivity index (χ1n) is 7.21. The Morgan fingerprint density at radius 1 is 1.18 bits per heavy atom. The van der Waals surface area contributed by atoms with Gasteiger partial charge in [0.15, 0.2) is 0 Å². The van der Waals surface area contributed by atoms with Gasteiger partial charge in [0.25, 0.3) is 0 Å². The summed E-state index contributed by atoms with van der Waals surface area (Å²) in [6, 6.07) is 14.0. The Bertz CT molecular complexity index is 674. The maximum absolute atomic E-state index is 13.8. The second kappa shape index (κ2) is 6.48. The van der Waals surface area contributed by atoms with E-state index in [1.54, 1.807) is 6.07 Å². The van der Waals surface area contributed by atoms with E-state index in [9.17, 15) is 9.18 Å². The number of halogens is 2. The van der Waals surface area contributed by atoms with Gasteiger partial charge < -0.3 is 10.6 Å². The van der Waals surface area contributed by atoms with Crippen molar-refractivity contribution in [3.63, 3.8) is 0 Å². The first-order chi connectivity index (χ1) is 10.6. The smallest absolute Gasteiger partial charge is 0.319 e. The van der Waals surface area contributed by atoms with Gasteiger partial charge in [-0.25, -0.2) is 9.18 Å². The van der Waals surface area contributed by atoms with Crippen LogP contribution >= 0.6 is 15.9 Å². The van der Waals surface area contributed by atoms with Crippen molar-refractivity contribution in [2.75, 3.05) is 5.32 Å². The molecule has 2 aromatic rings. The summed E-state index contributed by atoms with van der Waals surface area (Å²) in [5.41, 5.74) is 1.25. The molecule has 1 aliphatic rings. The molecule has 22 heavy (non-hydrogen) atoms. The number of rotatable bonds is 4. The summed E-state index contributed by atoms with van der Waals surface area (Å²) >= 11 is 3.19. The lowest BCUT2D eigenvalue weighted by molar-refractivity contribution is 0.247. The Morgan fingerprint density at radius 3 is 2.55 bits per heavy atom. The zero-order valence-electron chi connectivity index (χ0n) is 11.9. The number of nitrogens with one attached hydrogen (secondary N) is 2. The lowest BCUT2D eigenvalue weighted by atomic mass is 10.0. The number of hydrogen-bond donors (Lipinski definition) is 2. The molecule has 1 fully saturated rings. The number of amides is 2. The third-order valence-corrected chi connectivity index (χ3v) is 4.21. The van der Waals surface area contributed by atoms with Gasteiger partial charge in [-0.15, -0.1) is 0 Å². The van der Waals surface area contributed by atoms with Crippen LogP contribution in [0.1, 0.15) is 24.4 Å². The monoisotopic (exact) mass is 362 g/mol. The molecule has 2 amide bonds. The van der Waals surface area contributed by atoms with Crippen LogP contribution in [0.2, 0.25) is 0 Å². The Kier molecular flexibility index (Phi) is 4.43. The molecular formula is C17H16BrFN2O. The van der Waals surface area contributed by atoms with E-state index in [4.69, 9.17) is 0 Å². The van der Waals surface area contributed by atoms with Crippen LogP contribution in [0.15, 0.2) is 53.0 Å². The van der Waals surface area contributed by atoms with Crippen molar-refractivity contribution in [2.24, 2.45) is 5.92 Å². The quantitative estimate of drug-likeness (QED) is 0.800. The van der Waals surface area contributed by atoms with Crippen molar-refractivity contribution in [1.82, 2.24) is 5.32 Å². The van der Waals surface area contributed by atoms with Gasteiger partial charge in [-0.3, -0.25) is 0 Å². The lowest BCUT2D eigenvalue weighted by Crippen LogP contribution is -2.33. The van der Waals surface area contributed by atoms with E-state index in [1.807, 2.05) is 30.3 Å². The normalized spacial score (nSPS) is 15.2. The minimum Gasteiger partial charge on any atom is -0.331 e. The largest absolute Gasteiger partial charge is 0.331 e. The molecule has 0 aromatic heterocycles. The van der Waals surface area contributed by atoms with E-state index in [2.05, 4.69) is 26.6 Å². The van der Waals surface area contributed by atoms with Crippen LogP contribution in [0.3, 0.4) is 0 Å². The zero-order chi connectivity index (χ0) is 15.5. The van der Waals surface area contributed by atoms with Crippen LogP contribution in [-0.4, -0.2) is 6.03 Å². The van der Waals surface area contributed by atoms with Crippen molar-refractivity contribution in [1.29, 1.82) is 0 Å². The van der Waals surface area contributed by atoms with Gasteiger partial charge in [0, 0.05) is 4.47 Å². The number of carbonyl (C=O) groups is 1. The molecule has 0 bridgehead atoms. The van der Waals surface area contributed by atoms with Gasteiger partial charge in [0.05, 0.1) is 11.7 Å². The molecule has 0 saturated heterocycles. The molecule has 3 rings (SSSR count). The summed E-state index contributed by atoms with van der Waals surface area (Å²) in [4.78, 5) is 12.2. The van der Waals surface area contributed by atoms with E-state index in [0.29, 0.717) is 10.4 Å². The molecule has 114 valence electrons. The molecule has 2 N–H and O–H groups in total. The summed E-state index contributed by atoms with van der Waals surface area (Å²) < 4.78 is 14.4. The van der Waals surface area contributed by atoms with Crippen LogP contribution < -0.4 is 10.6 Å². The maximum Gasteiger partial charge on any atom is 0.319 e. The SMILES string of the molecule is O=C(Nc1ccc(Br)cc1F)NC(c1ccccc1)C1CC1. The first-order valence-corrected chi connectivity index (χ1v) is 8.00. The lowest BCUT2D eigenvalue weighted by Gasteiger charge is -2.19. The minimum atomic E-state index is -0.466. The Balaban J connectivity index is 1.69. The molecule has 1 unspecified atom stereocenters. The third-order valence-electron chi connectivity index (χ3n) is 3.72. The van der Waals surface area contributed by atoms with Gasteiger partial charge in [0.2, 0.25) is 0 Å². The Hall–Kier alpha value is -1.88. The van der Waals surface area contributed by atoms with Gasteiger partial charge in [-0.05, 0) is 42.5 Å². The van der Waals surface area contributed by atoms with Crippen molar-refractivity contribution in [3.8, 4) is 0 Å². The van der Waals surface area contributed by atoms with Crippen LogP contribution in [-0.2, 0) is 0 Å². The number of hydrogen-bond acceptors (Lipinski definition) is 1. The minimum absolute atomic E-state index is 0.0280. The van der Waals surface area contributed by atoms with Crippen LogP contribution in [0.5, 0.6) is 0 Å². The van der Waals surface area contributed by atoms with E-state index < -0.39 is 5.82 Å². The number of urea groups is 1. The molecular weight excluding hydrogens is 347 g/mol. The maximum atomic E-state index is 13.8. The van der Waals surface area contributed by atoms with Crippen molar-refractivity contribution < 1.29 is 9.18 Å². The van der Waals surface area contributed by atoms with Crippen LogP contribution in [0.25, 0.3) is 0 Å². The number of benzene rings is 2. The highest BCUT2D eigenvalue weighted by atomic mass is 79.9. The van der Waals surface area contributed by atoms with E-state index in [-0.39, 0.29) is 17.8 Å². The second-order valence-electron chi connectivity index (χ2n) is 5.45. The van der Waals surface area contributed by atoms with Gasteiger partial charge in [-0.1, -0.05) is 46.3 Å². The van der Waals surface area contributed by atoms with Crippen molar-refractivity contribution >= 4 is 27.6 Å². The molecule has 1 saturated carbocycles. The van der Waals surface area contributed by atoms with Gasteiger partial charge in [-0.2, -0.15) is 0 Å². The molecule has 1 aliphatic carbocycles. The highest BCUT2D eigenvalue weighted by molar-refractivity contribution is 9.10. The van der Waals surface area contributed by atoms with Crippen LogP contribution in [0.4, 0.5) is 14.9 Å². The molecule has 2 aromatic carbocycles. The predicted molar refractivity (Wildman–Crippen MR) is 88.2 cm³/mol. The predicted octanol–water partition coefficient (Wildman–Crippen LogP) is 4.86. The molecule has 0 radical (unpaired) electrons. The van der Waals surface area contributed by atoms with E-state index in [0.717, 1.165) is 18.4 Å². The summed E-state index contributed by atoms with van der Waals surface area (Å²) in [6.07, 6.45) is 2.21. The highest BCUT2D eigenvalue weighted by Crippen LogP contribution is 2.40. The first kappa shape index (κ1) is 15.0. The Labute approximate surface area is 137 Å². The van der Waals surface area contributed by atoms with Crippen molar-refractivity contribution in [2.45, 2.75) is 18.9 Å². The molecule has 3 nitrogen and oxygen atoms in total. The summed E-state index contributed by atoms with van der Waals surface area (Å²) in [6.45, 7) is 0. The molecule has 1 atom stereocenters. The van der Waals surface area contributed by atoms with Crippen molar-refractivity contribution in [3.05, 3.63) is 64.4 Å². The topological polar surface area (TPSA) is 41.1 Å². The standard InChI is InChI=1S/C17H16BrFN2O/c18-13-8-9-15(14(19)10-13)20-17(22)21-16(12-6-7-12)11-4-2-1-3-5-11/h1-5,8-10,12,16H,6-7H2,(H2,20,21,22). The highest BCUT2D eigenvalue weighted by Gasteiger charge is 2.33. The molecule has 0 aliphatic heterocycles. The Morgan fingerprint density at radius 2 is 1.91 bits per heavy atom. The summed E-state index contributed by atoms with van der Waals surface area (Å²) in [5, 5.41) is 5.53. The fourth-order valence-electron chi connectivity index (χ4n) is 2.45. The van der Waals surface area contributed by atoms with Gasteiger partial charge in [0.1, 0.15) is 5.82 Å². The average molecular weight is 363 g/mol. The number of anilines is 1.